The van der Waals surface area contributed by atoms with Gasteiger partial charge in [-0.15, -0.1) is 11.3 Å². The van der Waals surface area contributed by atoms with Crippen molar-refractivity contribution in [1.29, 1.82) is 0 Å². The molecule has 0 aromatic carbocycles. The maximum absolute atomic E-state index is 6.05. The molecule has 18 heavy (non-hydrogen) atoms. The lowest BCUT2D eigenvalue weighted by Crippen LogP contribution is -2.35. The lowest BCUT2D eigenvalue weighted by atomic mass is 10.1. The number of ether oxygens (including phenoxy) is 1. The first-order valence-corrected chi connectivity index (χ1v) is 7.28. The standard InChI is InChI=1S/C13H25N3OS/c1-9(13-10(2)16-11(3)18-13)15-8-12(14)6-5-7-17-4/h9,12,15H,5-8,14H2,1-4H3. The monoisotopic (exact) mass is 271 g/mol. The molecular formula is C13H25N3OS. The molecule has 5 heteroatoms. The van der Waals surface area contributed by atoms with Gasteiger partial charge >= 0.3 is 0 Å². The van der Waals surface area contributed by atoms with Gasteiger partial charge in [0.1, 0.15) is 0 Å². The summed E-state index contributed by atoms with van der Waals surface area (Å²) < 4.78 is 5.02. The smallest absolute Gasteiger partial charge is 0.0900 e. The van der Waals surface area contributed by atoms with Crippen molar-refractivity contribution < 1.29 is 4.74 Å². The molecule has 3 N–H and O–H groups in total. The van der Waals surface area contributed by atoms with Crippen molar-refractivity contribution in [3.63, 3.8) is 0 Å². The summed E-state index contributed by atoms with van der Waals surface area (Å²) in [6.07, 6.45) is 2.01. The second-order valence-electron chi connectivity index (χ2n) is 4.71. The van der Waals surface area contributed by atoms with Gasteiger partial charge in [-0.05, 0) is 33.6 Å². The lowest BCUT2D eigenvalue weighted by molar-refractivity contribution is 0.190. The zero-order valence-electron chi connectivity index (χ0n) is 11.8. The van der Waals surface area contributed by atoms with Gasteiger partial charge in [0.25, 0.3) is 0 Å². The van der Waals surface area contributed by atoms with E-state index in [1.54, 1.807) is 18.4 Å². The van der Waals surface area contributed by atoms with Crippen molar-refractivity contribution in [2.75, 3.05) is 20.3 Å². The molecular weight excluding hydrogens is 246 g/mol. The Morgan fingerprint density at radius 1 is 1.44 bits per heavy atom. The molecule has 104 valence electrons. The zero-order chi connectivity index (χ0) is 13.5. The molecule has 0 aliphatic heterocycles. The fourth-order valence-corrected chi connectivity index (χ4v) is 2.92. The van der Waals surface area contributed by atoms with Crippen LogP contribution in [0.25, 0.3) is 0 Å². The van der Waals surface area contributed by atoms with Crippen LogP contribution in [0.2, 0.25) is 0 Å². The van der Waals surface area contributed by atoms with Gasteiger partial charge < -0.3 is 15.8 Å². The minimum Gasteiger partial charge on any atom is -0.385 e. The SMILES string of the molecule is COCCCC(N)CNC(C)c1sc(C)nc1C. The molecule has 1 heterocycles. The number of aromatic nitrogens is 1. The summed E-state index contributed by atoms with van der Waals surface area (Å²) >= 11 is 1.76. The molecule has 0 aliphatic carbocycles. The Labute approximate surface area is 114 Å². The Morgan fingerprint density at radius 3 is 2.72 bits per heavy atom. The molecule has 1 rings (SSSR count). The van der Waals surface area contributed by atoms with Gasteiger partial charge in [-0.2, -0.15) is 0 Å². The molecule has 2 unspecified atom stereocenters. The van der Waals surface area contributed by atoms with E-state index in [9.17, 15) is 0 Å². The summed E-state index contributed by atoms with van der Waals surface area (Å²) in [6, 6.07) is 0.515. The first-order valence-electron chi connectivity index (χ1n) is 6.46. The number of nitrogens with two attached hydrogens (primary N) is 1. The van der Waals surface area contributed by atoms with Gasteiger partial charge in [0.2, 0.25) is 0 Å². The number of methoxy groups -OCH3 is 1. The van der Waals surface area contributed by atoms with Crippen LogP contribution in [0.4, 0.5) is 0 Å². The number of hydrogen-bond acceptors (Lipinski definition) is 5. The maximum Gasteiger partial charge on any atom is 0.0900 e. The number of aryl methyl sites for hydroxylation is 2. The number of nitrogens with zero attached hydrogens (tertiary/aromatic N) is 1. The van der Waals surface area contributed by atoms with Crippen LogP contribution in [0, 0.1) is 13.8 Å². The van der Waals surface area contributed by atoms with Crippen LogP contribution in [0.3, 0.4) is 0 Å². The van der Waals surface area contributed by atoms with Crippen molar-refractivity contribution in [2.45, 2.75) is 45.7 Å². The Bertz CT molecular complexity index is 354. The van der Waals surface area contributed by atoms with Crippen molar-refractivity contribution in [1.82, 2.24) is 10.3 Å². The summed E-state index contributed by atoms with van der Waals surface area (Å²) in [5.41, 5.74) is 7.18. The highest BCUT2D eigenvalue weighted by Crippen LogP contribution is 2.24. The molecule has 0 saturated carbocycles. The average molecular weight is 271 g/mol. The minimum atomic E-state index is 0.192. The van der Waals surface area contributed by atoms with E-state index in [0.29, 0.717) is 6.04 Å². The van der Waals surface area contributed by atoms with Crippen molar-refractivity contribution in [2.24, 2.45) is 5.73 Å². The van der Waals surface area contributed by atoms with Crippen molar-refractivity contribution in [3.05, 3.63) is 15.6 Å². The highest BCUT2D eigenvalue weighted by Gasteiger charge is 2.13. The number of thiazole rings is 1. The van der Waals surface area contributed by atoms with Crippen LogP contribution in [0.1, 0.15) is 41.4 Å². The fourth-order valence-electron chi connectivity index (χ4n) is 1.96. The topological polar surface area (TPSA) is 60.2 Å². The first kappa shape index (κ1) is 15.6. The van der Waals surface area contributed by atoms with E-state index in [-0.39, 0.29) is 6.04 Å². The highest BCUT2D eigenvalue weighted by molar-refractivity contribution is 7.11. The molecule has 0 radical (unpaired) electrons. The fraction of sp³-hybridized carbons (Fsp3) is 0.769. The third-order valence-corrected chi connectivity index (χ3v) is 4.20. The number of rotatable bonds is 8. The van der Waals surface area contributed by atoms with Gasteiger partial charge in [-0.3, -0.25) is 0 Å². The van der Waals surface area contributed by atoms with E-state index in [0.717, 1.165) is 36.7 Å². The molecule has 1 aromatic heterocycles. The van der Waals surface area contributed by atoms with Crippen LogP contribution in [-0.2, 0) is 4.74 Å². The quantitative estimate of drug-likeness (QED) is 0.711. The Hall–Kier alpha value is -0.490. The van der Waals surface area contributed by atoms with E-state index < -0.39 is 0 Å². The van der Waals surface area contributed by atoms with Crippen molar-refractivity contribution >= 4 is 11.3 Å². The Balaban J connectivity index is 2.32. The van der Waals surface area contributed by atoms with Gasteiger partial charge in [0.15, 0.2) is 0 Å². The first-order chi connectivity index (χ1) is 8.54. The summed E-state index contributed by atoms with van der Waals surface area (Å²) in [5, 5.41) is 4.61. The van der Waals surface area contributed by atoms with E-state index in [4.69, 9.17) is 10.5 Å². The Kier molecular flexibility index (Phi) is 6.78. The number of nitrogens with one attached hydrogen (secondary N) is 1. The third-order valence-electron chi connectivity index (χ3n) is 2.94. The van der Waals surface area contributed by atoms with Gasteiger partial charge in [-0.25, -0.2) is 4.98 Å². The second kappa shape index (κ2) is 7.84. The predicted octanol–water partition coefficient (Wildman–Crippen LogP) is 2.16. The van der Waals surface area contributed by atoms with Gasteiger partial charge in [0.05, 0.1) is 10.7 Å². The summed E-state index contributed by atoms with van der Waals surface area (Å²) in [6.45, 7) is 7.90. The maximum atomic E-state index is 6.05. The molecule has 0 bridgehead atoms. The third kappa shape index (κ3) is 5.02. The predicted molar refractivity (Wildman–Crippen MR) is 77.1 cm³/mol. The molecule has 4 nitrogen and oxygen atoms in total. The molecule has 2 atom stereocenters. The zero-order valence-corrected chi connectivity index (χ0v) is 12.6. The van der Waals surface area contributed by atoms with E-state index in [1.165, 1.54) is 4.88 Å². The largest absolute Gasteiger partial charge is 0.385 e. The van der Waals surface area contributed by atoms with Crippen LogP contribution in [0.5, 0.6) is 0 Å². The minimum absolute atomic E-state index is 0.192. The summed E-state index contributed by atoms with van der Waals surface area (Å²) in [4.78, 5) is 5.77. The average Bonchev–Trinajstić information content (AvgIpc) is 2.66. The van der Waals surface area contributed by atoms with Crippen LogP contribution in [0.15, 0.2) is 0 Å². The normalized spacial score (nSPS) is 14.7. The molecule has 0 fully saturated rings. The molecule has 1 aromatic rings. The van der Waals surface area contributed by atoms with Crippen LogP contribution >= 0.6 is 11.3 Å². The van der Waals surface area contributed by atoms with Gasteiger partial charge in [0, 0.05) is 37.2 Å². The second-order valence-corrected chi connectivity index (χ2v) is 5.94. The Morgan fingerprint density at radius 2 is 2.17 bits per heavy atom. The van der Waals surface area contributed by atoms with Crippen molar-refractivity contribution in [3.8, 4) is 0 Å². The van der Waals surface area contributed by atoms with E-state index >= 15 is 0 Å². The molecule has 0 spiro atoms. The van der Waals surface area contributed by atoms with Crippen LogP contribution < -0.4 is 11.1 Å². The van der Waals surface area contributed by atoms with Crippen LogP contribution in [-0.4, -0.2) is 31.3 Å². The van der Waals surface area contributed by atoms with Gasteiger partial charge in [-0.1, -0.05) is 0 Å². The number of hydrogen-bond donors (Lipinski definition) is 2. The summed E-state index contributed by atoms with van der Waals surface area (Å²) in [7, 11) is 1.72. The lowest BCUT2D eigenvalue weighted by Gasteiger charge is -2.17. The highest BCUT2D eigenvalue weighted by atomic mass is 32.1. The van der Waals surface area contributed by atoms with E-state index in [1.807, 2.05) is 6.92 Å². The molecule has 0 amide bonds. The van der Waals surface area contributed by atoms with E-state index in [2.05, 4.69) is 24.1 Å². The summed E-state index contributed by atoms with van der Waals surface area (Å²) in [5.74, 6) is 0. The molecule has 0 aliphatic rings. The molecule has 0 saturated heterocycles.